The summed E-state index contributed by atoms with van der Waals surface area (Å²) < 4.78 is 5.75. The third-order valence-corrected chi connectivity index (χ3v) is 6.06. The molecule has 130 valence electrons. The molecule has 3 fully saturated rings. The number of rotatable bonds is 5. The highest BCUT2D eigenvalue weighted by Crippen LogP contribution is 2.54. The monoisotopic (exact) mass is 330 g/mol. The fourth-order valence-electron chi connectivity index (χ4n) is 4.92. The van der Waals surface area contributed by atoms with Crippen molar-refractivity contribution in [3.05, 3.63) is 29.8 Å². The van der Waals surface area contributed by atoms with Gasteiger partial charge in [-0.3, -0.25) is 0 Å². The second-order valence-electron chi connectivity index (χ2n) is 7.49. The minimum absolute atomic E-state index is 0.0232. The van der Waals surface area contributed by atoms with Crippen LogP contribution in [0.3, 0.4) is 0 Å². The number of fused-ring (bicyclic) bond motifs is 1. The van der Waals surface area contributed by atoms with Crippen LogP contribution in [-0.4, -0.2) is 47.9 Å². The molecule has 4 rings (SSSR count). The number of para-hydroxylation sites is 1. The van der Waals surface area contributed by atoms with Gasteiger partial charge >= 0.3 is 6.03 Å². The zero-order chi connectivity index (χ0) is 16.7. The number of aliphatic hydroxyl groups is 1. The Bertz CT molecular complexity index is 618. The Labute approximate surface area is 143 Å². The summed E-state index contributed by atoms with van der Waals surface area (Å²) in [5.74, 6) is 2.46. The molecular formula is C19H26N2O3. The molecule has 0 spiro atoms. The van der Waals surface area contributed by atoms with Crippen molar-refractivity contribution < 1.29 is 14.6 Å². The summed E-state index contributed by atoms with van der Waals surface area (Å²) in [6, 6.07) is 7.98. The van der Waals surface area contributed by atoms with E-state index < -0.39 is 0 Å². The number of ether oxygens (including phenoxy) is 1. The summed E-state index contributed by atoms with van der Waals surface area (Å²) >= 11 is 0. The van der Waals surface area contributed by atoms with Gasteiger partial charge in [0.2, 0.25) is 0 Å². The zero-order valence-electron chi connectivity index (χ0n) is 14.1. The molecule has 1 aromatic rings. The van der Waals surface area contributed by atoms with Crippen LogP contribution in [0.1, 0.15) is 24.8 Å². The predicted molar refractivity (Wildman–Crippen MR) is 90.9 cm³/mol. The molecule has 0 radical (unpaired) electrons. The highest BCUT2D eigenvalue weighted by Gasteiger charge is 2.59. The van der Waals surface area contributed by atoms with Crippen molar-refractivity contribution in [2.75, 3.05) is 19.7 Å². The number of aryl methyl sites for hydroxylation is 1. The summed E-state index contributed by atoms with van der Waals surface area (Å²) in [6.07, 6.45) is 2.65. The van der Waals surface area contributed by atoms with Crippen LogP contribution in [0.5, 0.6) is 5.75 Å². The number of urea groups is 1. The normalized spacial score (nSPS) is 33.1. The third-order valence-electron chi connectivity index (χ3n) is 6.06. The minimum atomic E-state index is -0.316. The number of nitrogens with one attached hydrogen (secondary N) is 1. The third kappa shape index (κ3) is 2.65. The van der Waals surface area contributed by atoms with Crippen LogP contribution in [0.15, 0.2) is 24.3 Å². The first kappa shape index (κ1) is 15.8. The van der Waals surface area contributed by atoms with E-state index in [1.54, 1.807) is 0 Å². The Balaban J connectivity index is 1.21. The van der Waals surface area contributed by atoms with E-state index >= 15 is 0 Å². The van der Waals surface area contributed by atoms with Crippen LogP contribution in [-0.2, 0) is 0 Å². The number of hydrogen-bond donors (Lipinski definition) is 2. The number of hydrogen-bond acceptors (Lipinski definition) is 3. The van der Waals surface area contributed by atoms with Crippen LogP contribution < -0.4 is 10.1 Å². The van der Waals surface area contributed by atoms with Crippen molar-refractivity contribution in [1.82, 2.24) is 10.2 Å². The molecule has 5 atom stereocenters. The molecule has 5 nitrogen and oxygen atoms in total. The maximum absolute atomic E-state index is 12.4. The average molecular weight is 330 g/mol. The van der Waals surface area contributed by atoms with E-state index in [-0.39, 0.29) is 18.2 Å². The van der Waals surface area contributed by atoms with Crippen molar-refractivity contribution in [1.29, 1.82) is 0 Å². The molecule has 2 saturated carbocycles. The Morgan fingerprint density at radius 1 is 1.33 bits per heavy atom. The Kier molecular flexibility index (Phi) is 4.12. The second kappa shape index (κ2) is 6.28. The summed E-state index contributed by atoms with van der Waals surface area (Å²) in [7, 11) is 0. The molecule has 3 aliphatic rings. The summed E-state index contributed by atoms with van der Waals surface area (Å²) in [5, 5.41) is 13.3. The number of likely N-dealkylation sites (tertiary alicyclic amines) is 1. The van der Waals surface area contributed by atoms with Gasteiger partial charge in [0.1, 0.15) is 5.75 Å². The lowest BCUT2D eigenvalue weighted by Gasteiger charge is -2.28. The van der Waals surface area contributed by atoms with Crippen molar-refractivity contribution in [3.8, 4) is 5.75 Å². The first-order valence-electron chi connectivity index (χ1n) is 9.06. The first-order chi connectivity index (χ1) is 11.6. The molecule has 2 bridgehead atoms. The molecule has 1 aliphatic heterocycles. The molecule has 0 aromatic heterocycles. The quantitative estimate of drug-likeness (QED) is 0.814. The van der Waals surface area contributed by atoms with Crippen LogP contribution in [0, 0.1) is 24.7 Å². The largest absolute Gasteiger partial charge is 0.493 e. The molecule has 1 aromatic carbocycles. The number of carbonyl (C=O) groups excluding carboxylic acids is 1. The smallest absolute Gasteiger partial charge is 0.317 e. The molecule has 24 heavy (non-hydrogen) atoms. The summed E-state index contributed by atoms with van der Waals surface area (Å²) in [5.41, 5.74) is 1.12. The van der Waals surface area contributed by atoms with Gasteiger partial charge in [-0.2, -0.15) is 0 Å². The minimum Gasteiger partial charge on any atom is -0.493 e. The average Bonchev–Trinajstić information content (AvgIpc) is 3.18. The van der Waals surface area contributed by atoms with Gasteiger partial charge in [-0.1, -0.05) is 18.2 Å². The van der Waals surface area contributed by atoms with Crippen LogP contribution in [0.2, 0.25) is 0 Å². The molecule has 5 heteroatoms. The van der Waals surface area contributed by atoms with E-state index in [0.717, 1.165) is 37.1 Å². The molecule has 0 unspecified atom stereocenters. The van der Waals surface area contributed by atoms with E-state index in [1.807, 2.05) is 36.1 Å². The number of nitrogens with zero attached hydrogens (tertiary/aromatic N) is 1. The van der Waals surface area contributed by atoms with Crippen LogP contribution in [0.4, 0.5) is 4.79 Å². The number of aliphatic hydroxyl groups excluding tert-OH is 1. The fraction of sp³-hybridized carbons (Fsp3) is 0.632. The highest BCUT2D eigenvalue weighted by atomic mass is 16.5. The molecule has 2 N–H and O–H groups in total. The molecule has 2 amide bonds. The van der Waals surface area contributed by atoms with Gasteiger partial charge in [0.05, 0.1) is 18.8 Å². The lowest BCUT2D eigenvalue weighted by atomic mass is 9.88. The number of amides is 2. The van der Waals surface area contributed by atoms with Crippen LogP contribution >= 0.6 is 0 Å². The van der Waals surface area contributed by atoms with Gasteiger partial charge < -0.3 is 20.1 Å². The van der Waals surface area contributed by atoms with E-state index in [9.17, 15) is 9.90 Å². The zero-order valence-corrected chi connectivity index (χ0v) is 14.1. The second-order valence-corrected chi connectivity index (χ2v) is 7.49. The van der Waals surface area contributed by atoms with E-state index in [2.05, 4.69) is 5.32 Å². The van der Waals surface area contributed by atoms with Crippen molar-refractivity contribution in [2.24, 2.45) is 17.8 Å². The SMILES string of the molecule is Cc1ccccc1OCCCNC(=O)N1C[C@@H]2C[C@H]3C[C@H]2[C@@H]1[C@@H]3O. The lowest BCUT2D eigenvalue weighted by Crippen LogP contribution is -2.48. The molecular weight excluding hydrogens is 304 g/mol. The predicted octanol–water partition coefficient (Wildman–Crippen LogP) is 2.17. The topological polar surface area (TPSA) is 61.8 Å². The maximum atomic E-state index is 12.4. The van der Waals surface area contributed by atoms with E-state index in [1.165, 1.54) is 0 Å². The van der Waals surface area contributed by atoms with E-state index in [0.29, 0.717) is 30.9 Å². The molecule has 1 heterocycles. The van der Waals surface area contributed by atoms with Crippen molar-refractivity contribution >= 4 is 6.03 Å². The molecule has 1 saturated heterocycles. The fourth-order valence-corrected chi connectivity index (χ4v) is 4.92. The van der Waals surface area contributed by atoms with E-state index in [4.69, 9.17) is 4.74 Å². The molecule has 2 aliphatic carbocycles. The number of benzene rings is 1. The van der Waals surface area contributed by atoms with Gasteiger partial charge in [0.25, 0.3) is 0 Å². The Morgan fingerprint density at radius 3 is 2.96 bits per heavy atom. The maximum Gasteiger partial charge on any atom is 0.317 e. The standard InChI is InChI=1S/C19H26N2O3/c1-12-5-2-3-6-16(12)24-8-4-7-20-19(23)21-11-14-9-13-10-15(14)17(21)18(13)22/h2-3,5-6,13-15,17-18,22H,4,7-11H2,1H3,(H,20,23)/t13-,14-,15+,17+,18+/m0/s1. The highest BCUT2D eigenvalue weighted by molar-refractivity contribution is 5.75. The van der Waals surface area contributed by atoms with Crippen molar-refractivity contribution in [2.45, 2.75) is 38.3 Å². The first-order valence-corrected chi connectivity index (χ1v) is 9.06. The Hall–Kier alpha value is -1.75. The lowest BCUT2D eigenvalue weighted by molar-refractivity contribution is 0.0609. The van der Waals surface area contributed by atoms with Gasteiger partial charge in [-0.05, 0) is 55.6 Å². The van der Waals surface area contributed by atoms with Crippen molar-refractivity contribution in [3.63, 3.8) is 0 Å². The van der Waals surface area contributed by atoms with Crippen LogP contribution in [0.25, 0.3) is 0 Å². The summed E-state index contributed by atoms with van der Waals surface area (Å²) in [4.78, 5) is 14.3. The Morgan fingerprint density at radius 2 is 2.17 bits per heavy atom. The van der Waals surface area contributed by atoms with Gasteiger partial charge in [-0.25, -0.2) is 4.79 Å². The van der Waals surface area contributed by atoms with Gasteiger partial charge in [0.15, 0.2) is 0 Å². The summed E-state index contributed by atoms with van der Waals surface area (Å²) in [6.45, 7) is 4.03. The van der Waals surface area contributed by atoms with Gasteiger partial charge in [-0.15, -0.1) is 0 Å². The number of carbonyl (C=O) groups is 1. The van der Waals surface area contributed by atoms with Gasteiger partial charge in [0, 0.05) is 13.1 Å².